The molecule has 0 unspecified atom stereocenters. The summed E-state index contributed by atoms with van der Waals surface area (Å²) >= 11 is 0. The Bertz CT molecular complexity index is 384. The summed E-state index contributed by atoms with van der Waals surface area (Å²) in [7, 11) is 0. The van der Waals surface area contributed by atoms with Gasteiger partial charge in [-0.05, 0) is 27.9 Å². The van der Waals surface area contributed by atoms with Crippen molar-refractivity contribution >= 4 is 0 Å². The first kappa shape index (κ1) is 16.1. The summed E-state index contributed by atoms with van der Waals surface area (Å²) in [6.45, 7) is 18.6. The fourth-order valence-electron chi connectivity index (χ4n) is 2.12. The molecule has 0 atom stereocenters. The number of hydrogen-bond donors (Lipinski definition) is 0. The topological polar surface area (TPSA) is 9.23 Å². The Morgan fingerprint density at radius 2 is 1.32 bits per heavy atom. The van der Waals surface area contributed by atoms with Crippen molar-refractivity contribution in [3.8, 4) is 5.75 Å². The quantitative estimate of drug-likeness (QED) is 0.716. The van der Waals surface area contributed by atoms with Crippen LogP contribution in [0.25, 0.3) is 0 Å². The molecule has 1 aromatic carbocycles. The molecule has 19 heavy (non-hydrogen) atoms. The van der Waals surface area contributed by atoms with Crippen LogP contribution in [0.2, 0.25) is 0 Å². The van der Waals surface area contributed by atoms with E-state index in [0.717, 1.165) is 12.4 Å². The predicted octanol–water partition coefficient (Wildman–Crippen LogP) is 5.32. The minimum Gasteiger partial charge on any atom is -0.493 e. The monoisotopic (exact) mass is 262 g/mol. The second-order valence-electron chi connectivity index (χ2n) is 7.89. The molecule has 0 spiro atoms. The maximum atomic E-state index is 6.18. The van der Waals surface area contributed by atoms with E-state index in [0.29, 0.717) is 5.92 Å². The lowest BCUT2D eigenvalue weighted by atomic mass is 9.79. The number of hydrogen-bond acceptors (Lipinski definition) is 1. The van der Waals surface area contributed by atoms with Gasteiger partial charge in [0, 0.05) is 0 Å². The van der Waals surface area contributed by atoms with Crippen molar-refractivity contribution in [2.24, 2.45) is 5.92 Å². The first-order valence-electron chi connectivity index (χ1n) is 7.30. The molecule has 0 bridgehead atoms. The second kappa shape index (κ2) is 5.56. The van der Waals surface area contributed by atoms with Gasteiger partial charge in [-0.15, -0.1) is 0 Å². The van der Waals surface area contributed by atoms with E-state index in [9.17, 15) is 0 Å². The van der Waals surface area contributed by atoms with Crippen molar-refractivity contribution in [3.05, 3.63) is 29.3 Å². The highest BCUT2D eigenvalue weighted by atomic mass is 16.5. The number of benzene rings is 1. The van der Waals surface area contributed by atoms with Gasteiger partial charge in [-0.3, -0.25) is 0 Å². The van der Waals surface area contributed by atoms with E-state index in [1.54, 1.807) is 0 Å². The van der Waals surface area contributed by atoms with Crippen LogP contribution in [0.15, 0.2) is 18.2 Å². The van der Waals surface area contributed by atoms with E-state index in [2.05, 4.69) is 73.6 Å². The summed E-state index contributed by atoms with van der Waals surface area (Å²) in [6, 6.07) is 6.55. The summed E-state index contributed by atoms with van der Waals surface area (Å²) in [5.74, 6) is 1.64. The molecule has 0 saturated carbocycles. The van der Waals surface area contributed by atoms with Crippen molar-refractivity contribution < 1.29 is 4.74 Å². The molecule has 0 aliphatic heterocycles. The highest BCUT2D eigenvalue weighted by Gasteiger charge is 2.26. The molecule has 0 aliphatic rings. The van der Waals surface area contributed by atoms with Crippen LogP contribution in [0, 0.1) is 5.92 Å². The molecule has 0 aromatic heterocycles. The standard InChI is InChI=1S/C18H30O/c1-13(2)12-19-16-14(17(3,4)5)10-9-11-15(16)18(6,7)8/h9-11,13H,12H2,1-8H3. The molecule has 0 aliphatic carbocycles. The fraction of sp³-hybridized carbons (Fsp3) is 0.667. The average molecular weight is 262 g/mol. The zero-order valence-electron chi connectivity index (χ0n) is 13.9. The van der Waals surface area contributed by atoms with Crippen LogP contribution in [0.4, 0.5) is 0 Å². The van der Waals surface area contributed by atoms with Crippen LogP contribution < -0.4 is 4.74 Å². The van der Waals surface area contributed by atoms with E-state index >= 15 is 0 Å². The van der Waals surface area contributed by atoms with E-state index in [4.69, 9.17) is 4.74 Å². The van der Waals surface area contributed by atoms with E-state index in [-0.39, 0.29) is 10.8 Å². The molecule has 0 heterocycles. The summed E-state index contributed by atoms with van der Waals surface area (Å²) in [4.78, 5) is 0. The number of ether oxygens (including phenoxy) is 1. The van der Waals surface area contributed by atoms with Gasteiger partial charge in [-0.2, -0.15) is 0 Å². The van der Waals surface area contributed by atoms with Gasteiger partial charge in [-0.25, -0.2) is 0 Å². The molecule has 0 radical (unpaired) electrons. The lowest BCUT2D eigenvalue weighted by molar-refractivity contribution is 0.258. The molecule has 1 aromatic rings. The highest BCUT2D eigenvalue weighted by Crippen LogP contribution is 2.39. The third-order valence-corrected chi connectivity index (χ3v) is 3.19. The van der Waals surface area contributed by atoms with Crippen molar-refractivity contribution in [2.45, 2.75) is 66.2 Å². The first-order valence-corrected chi connectivity index (χ1v) is 7.30. The average Bonchev–Trinajstić information content (AvgIpc) is 2.23. The van der Waals surface area contributed by atoms with Crippen molar-refractivity contribution in [3.63, 3.8) is 0 Å². The lowest BCUT2D eigenvalue weighted by Crippen LogP contribution is -2.20. The normalized spacial score (nSPS) is 12.9. The maximum Gasteiger partial charge on any atom is 0.126 e. The van der Waals surface area contributed by atoms with Gasteiger partial charge in [0.05, 0.1) is 6.61 Å². The summed E-state index contributed by atoms with van der Waals surface area (Å²) < 4.78 is 6.18. The zero-order valence-corrected chi connectivity index (χ0v) is 13.9. The Balaban J connectivity index is 3.33. The Kier molecular flexibility index (Phi) is 4.71. The first-order chi connectivity index (χ1) is 8.53. The molecule has 0 fully saturated rings. The molecular weight excluding hydrogens is 232 g/mol. The molecular formula is C18H30O. The van der Waals surface area contributed by atoms with Gasteiger partial charge in [0.15, 0.2) is 0 Å². The van der Waals surface area contributed by atoms with Crippen molar-refractivity contribution in [2.75, 3.05) is 6.61 Å². The van der Waals surface area contributed by atoms with Crippen LogP contribution in [0.1, 0.15) is 66.5 Å². The highest BCUT2D eigenvalue weighted by molar-refractivity contribution is 5.48. The Labute approximate surface area is 119 Å². The van der Waals surface area contributed by atoms with Crippen molar-refractivity contribution in [1.29, 1.82) is 0 Å². The van der Waals surface area contributed by atoms with Crippen LogP contribution in [0.5, 0.6) is 5.75 Å². The zero-order chi connectivity index (χ0) is 14.8. The van der Waals surface area contributed by atoms with Gasteiger partial charge in [0.2, 0.25) is 0 Å². The second-order valence-corrected chi connectivity index (χ2v) is 7.89. The lowest BCUT2D eigenvalue weighted by Gasteiger charge is -2.30. The van der Waals surface area contributed by atoms with Gasteiger partial charge in [-0.1, -0.05) is 73.6 Å². The van der Waals surface area contributed by atoms with E-state index in [1.165, 1.54) is 11.1 Å². The molecule has 0 saturated heterocycles. The van der Waals surface area contributed by atoms with E-state index in [1.807, 2.05) is 0 Å². The number of para-hydroxylation sites is 1. The maximum absolute atomic E-state index is 6.18. The van der Waals surface area contributed by atoms with Gasteiger partial charge in [0.1, 0.15) is 5.75 Å². The Morgan fingerprint density at radius 1 is 0.895 bits per heavy atom. The summed E-state index contributed by atoms with van der Waals surface area (Å²) in [6.07, 6.45) is 0. The molecule has 108 valence electrons. The van der Waals surface area contributed by atoms with Crippen LogP contribution in [-0.2, 0) is 10.8 Å². The Hall–Kier alpha value is -0.980. The predicted molar refractivity (Wildman–Crippen MR) is 84.2 cm³/mol. The SMILES string of the molecule is CC(C)COc1c(C(C)(C)C)cccc1C(C)(C)C. The summed E-state index contributed by atoms with van der Waals surface area (Å²) in [5, 5.41) is 0. The molecule has 0 amide bonds. The van der Waals surface area contributed by atoms with Crippen LogP contribution in [0.3, 0.4) is 0 Å². The van der Waals surface area contributed by atoms with Crippen molar-refractivity contribution in [1.82, 2.24) is 0 Å². The fourth-order valence-corrected chi connectivity index (χ4v) is 2.12. The van der Waals surface area contributed by atoms with Crippen LogP contribution in [-0.4, -0.2) is 6.61 Å². The third-order valence-electron chi connectivity index (χ3n) is 3.19. The smallest absolute Gasteiger partial charge is 0.126 e. The van der Waals surface area contributed by atoms with Gasteiger partial charge < -0.3 is 4.74 Å². The molecule has 1 heteroatoms. The number of rotatable bonds is 3. The minimum absolute atomic E-state index is 0.105. The van der Waals surface area contributed by atoms with Gasteiger partial charge >= 0.3 is 0 Å². The summed E-state index contributed by atoms with van der Waals surface area (Å²) in [5.41, 5.74) is 2.82. The largest absolute Gasteiger partial charge is 0.493 e. The molecule has 0 N–H and O–H groups in total. The molecule has 1 rings (SSSR count). The van der Waals surface area contributed by atoms with Crippen LogP contribution >= 0.6 is 0 Å². The third kappa shape index (κ3) is 4.26. The molecule has 1 nitrogen and oxygen atoms in total. The van der Waals surface area contributed by atoms with Gasteiger partial charge in [0.25, 0.3) is 0 Å². The van der Waals surface area contributed by atoms with E-state index < -0.39 is 0 Å². The Morgan fingerprint density at radius 3 is 1.63 bits per heavy atom. The minimum atomic E-state index is 0.105.